The van der Waals surface area contributed by atoms with Gasteiger partial charge in [0.1, 0.15) is 17.9 Å². The lowest BCUT2D eigenvalue weighted by Crippen LogP contribution is -2.43. The van der Waals surface area contributed by atoms with E-state index < -0.39 is 23.4 Å². The molecule has 156 valence electrons. The summed E-state index contributed by atoms with van der Waals surface area (Å²) in [4.78, 5) is 38.7. The van der Waals surface area contributed by atoms with Gasteiger partial charge in [0.25, 0.3) is 5.91 Å². The van der Waals surface area contributed by atoms with Gasteiger partial charge in [-0.1, -0.05) is 36.4 Å². The van der Waals surface area contributed by atoms with E-state index in [9.17, 15) is 18.8 Å². The predicted molar refractivity (Wildman–Crippen MR) is 109 cm³/mol. The molecule has 2 aromatic rings. The van der Waals surface area contributed by atoms with E-state index in [4.69, 9.17) is 0 Å². The number of carbonyl (C=O) groups excluding carboxylic acids is 3. The van der Waals surface area contributed by atoms with Gasteiger partial charge in [-0.05, 0) is 60.9 Å². The Kier molecular flexibility index (Phi) is 5.28. The fourth-order valence-corrected chi connectivity index (χ4v) is 4.16. The number of fused-ring (bicyclic) bond motifs is 1. The molecule has 1 heterocycles. The summed E-state index contributed by atoms with van der Waals surface area (Å²) in [6.07, 6.45) is 3.42. The average molecular weight is 409 g/mol. The Hall–Kier alpha value is -3.22. The minimum absolute atomic E-state index is 0.214. The first kappa shape index (κ1) is 20.1. The van der Waals surface area contributed by atoms with E-state index in [0.717, 1.165) is 29.7 Å². The Morgan fingerprint density at radius 2 is 1.93 bits per heavy atom. The number of halogens is 1. The van der Waals surface area contributed by atoms with Crippen molar-refractivity contribution < 1.29 is 18.8 Å². The number of benzene rings is 2. The smallest absolute Gasteiger partial charge is 0.325 e. The quantitative estimate of drug-likeness (QED) is 0.720. The summed E-state index contributed by atoms with van der Waals surface area (Å²) in [7, 11) is 0. The highest BCUT2D eigenvalue weighted by molar-refractivity contribution is 6.09. The number of imide groups is 1. The van der Waals surface area contributed by atoms with Gasteiger partial charge in [0.2, 0.25) is 5.91 Å². The SMILES string of the molecule is C[C@@]1(c2ccc3c(c2)CCC3)NC(=O)N(CC(=O)NCCc2ccccc2F)C1=O. The van der Waals surface area contributed by atoms with Crippen molar-refractivity contribution in [2.45, 2.75) is 38.1 Å². The highest BCUT2D eigenvalue weighted by Crippen LogP contribution is 2.32. The highest BCUT2D eigenvalue weighted by atomic mass is 19.1. The first-order valence-corrected chi connectivity index (χ1v) is 10.1. The first-order chi connectivity index (χ1) is 14.4. The maximum Gasteiger partial charge on any atom is 0.325 e. The van der Waals surface area contributed by atoms with Crippen molar-refractivity contribution in [2.24, 2.45) is 0 Å². The summed E-state index contributed by atoms with van der Waals surface area (Å²) in [5.74, 6) is -1.24. The molecule has 4 rings (SSSR count). The standard InChI is InChI=1S/C23H24FN3O3/c1-23(18-10-9-15-6-4-7-17(15)13-18)21(29)27(22(30)26-23)14-20(28)25-12-11-16-5-2-3-8-19(16)24/h2-3,5,8-10,13H,4,6-7,11-12,14H2,1H3,(H,25,28)(H,26,30)/t23-/m0/s1. The van der Waals surface area contributed by atoms with Gasteiger partial charge in [0.05, 0.1) is 0 Å². The summed E-state index contributed by atoms with van der Waals surface area (Å²) >= 11 is 0. The van der Waals surface area contributed by atoms with Crippen LogP contribution in [0.15, 0.2) is 42.5 Å². The number of aryl methyl sites for hydroxylation is 2. The van der Waals surface area contributed by atoms with Crippen LogP contribution in [0.1, 0.15) is 35.6 Å². The lowest BCUT2D eigenvalue weighted by molar-refractivity contribution is -0.134. The van der Waals surface area contributed by atoms with E-state index in [1.807, 2.05) is 18.2 Å². The van der Waals surface area contributed by atoms with Crippen molar-refractivity contribution >= 4 is 17.8 Å². The summed E-state index contributed by atoms with van der Waals surface area (Å²) in [5.41, 5.74) is 2.52. The molecule has 0 radical (unpaired) electrons. The van der Waals surface area contributed by atoms with Crippen LogP contribution in [0.5, 0.6) is 0 Å². The second-order valence-electron chi connectivity index (χ2n) is 7.97. The second kappa shape index (κ2) is 7.89. The zero-order valence-corrected chi connectivity index (χ0v) is 16.8. The number of nitrogens with one attached hydrogen (secondary N) is 2. The van der Waals surface area contributed by atoms with E-state index in [0.29, 0.717) is 12.0 Å². The molecule has 4 amide bonds. The van der Waals surface area contributed by atoms with Crippen molar-refractivity contribution in [1.82, 2.24) is 15.5 Å². The topological polar surface area (TPSA) is 78.5 Å². The number of urea groups is 1. The summed E-state index contributed by atoms with van der Waals surface area (Å²) in [6.45, 7) is 1.51. The number of amides is 4. The third kappa shape index (κ3) is 3.67. The van der Waals surface area contributed by atoms with Gasteiger partial charge in [0.15, 0.2) is 0 Å². The van der Waals surface area contributed by atoms with Gasteiger partial charge in [-0.2, -0.15) is 0 Å². The zero-order chi connectivity index (χ0) is 21.3. The Balaban J connectivity index is 1.39. The van der Waals surface area contributed by atoms with Crippen LogP contribution in [-0.4, -0.2) is 35.8 Å². The van der Waals surface area contributed by atoms with Crippen molar-refractivity contribution in [3.63, 3.8) is 0 Å². The van der Waals surface area contributed by atoms with E-state index in [-0.39, 0.29) is 18.9 Å². The summed E-state index contributed by atoms with van der Waals surface area (Å²) in [5, 5.41) is 5.39. The largest absolute Gasteiger partial charge is 0.354 e. The first-order valence-electron chi connectivity index (χ1n) is 10.1. The highest BCUT2D eigenvalue weighted by Gasteiger charge is 2.49. The summed E-state index contributed by atoms with van der Waals surface area (Å²) < 4.78 is 13.7. The molecule has 7 heteroatoms. The van der Waals surface area contributed by atoms with Crippen LogP contribution in [-0.2, 0) is 34.4 Å². The van der Waals surface area contributed by atoms with Crippen LogP contribution in [0.3, 0.4) is 0 Å². The Labute approximate surface area is 174 Å². The van der Waals surface area contributed by atoms with Crippen molar-refractivity contribution in [2.75, 3.05) is 13.1 Å². The van der Waals surface area contributed by atoms with Crippen LogP contribution in [0.25, 0.3) is 0 Å². The molecule has 0 bridgehead atoms. The molecule has 30 heavy (non-hydrogen) atoms. The molecule has 1 saturated heterocycles. The molecule has 0 aromatic heterocycles. The van der Waals surface area contributed by atoms with Crippen LogP contribution < -0.4 is 10.6 Å². The maximum absolute atomic E-state index is 13.7. The predicted octanol–water partition coefficient (Wildman–Crippen LogP) is 2.44. The minimum Gasteiger partial charge on any atom is -0.354 e. The minimum atomic E-state index is -1.19. The van der Waals surface area contributed by atoms with Gasteiger partial charge in [-0.3, -0.25) is 14.5 Å². The molecule has 2 aliphatic rings. The fourth-order valence-electron chi connectivity index (χ4n) is 4.16. The number of nitrogens with zero attached hydrogens (tertiary/aromatic N) is 1. The molecule has 0 unspecified atom stereocenters. The van der Waals surface area contributed by atoms with E-state index >= 15 is 0 Å². The van der Waals surface area contributed by atoms with Crippen molar-refractivity contribution in [3.8, 4) is 0 Å². The van der Waals surface area contributed by atoms with Crippen molar-refractivity contribution in [3.05, 3.63) is 70.5 Å². The molecule has 6 nitrogen and oxygen atoms in total. The van der Waals surface area contributed by atoms with Crippen LogP contribution >= 0.6 is 0 Å². The molecule has 0 spiro atoms. The Bertz CT molecular complexity index is 1020. The van der Waals surface area contributed by atoms with Gasteiger partial charge in [-0.15, -0.1) is 0 Å². The average Bonchev–Trinajstić information content (AvgIpc) is 3.28. The van der Waals surface area contributed by atoms with Crippen molar-refractivity contribution in [1.29, 1.82) is 0 Å². The van der Waals surface area contributed by atoms with E-state index in [2.05, 4.69) is 10.6 Å². The lowest BCUT2D eigenvalue weighted by atomic mass is 9.89. The Morgan fingerprint density at radius 1 is 1.17 bits per heavy atom. The third-order valence-corrected chi connectivity index (χ3v) is 5.93. The Morgan fingerprint density at radius 3 is 2.73 bits per heavy atom. The molecule has 1 aliphatic heterocycles. The van der Waals surface area contributed by atoms with E-state index in [1.54, 1.807) is 25.1 Å². The number of hydrogen-bond donors (Lipinski definition) is 2. The lowest BCUT2D eigenvalue weighted by Gasteiger charge is -2.23. The molecular weight excluding hydrogens is 385 g/mol. The maximum atomic E-state index is 13.7. The normalized spacial score (nSPS) is 20.3. The molecule has 2 N–H and O–H groups in total. The number of rotatable bonds is 6. The van der Waals surface area contributed by atoms with Crippen LogP contribution in [0, 0.1) is 5.82 Å². The molecule has 1 aliphatic carbocycles. The number of carbonyl (C=O) groups is 3. The molecular formula is C23H24FN3O3. The molecule has 0 saturated carbocycles. The van der Waals surface area contributed by atoms with E-state index in [1.165, 1.54) is 17.2 Å². The van der Waals surface area contributed by atoms with Crippen LogP contribution in [0.4, 0.5) is 9.18 Å². The van der Waals surface area contributed by atoms with Gasteiger partial charge < -0.3 is 10.6 Å². The zero-order valence-electron chi connectivity index (χ0n) is 16.8. The molecule has 2 aromatic carbocycles. The van der Waals surface area contributed by atoms with Crippen LogP contribution in [0.2, 0.25) is 0 Å². The summed E-state index contributed by atoms with van der Waals surface area (Å²) in [6, 6.07) is 11.6. The second-order valence-corrected chi connectivity index (χ2v) is 7.97. The molecule has 1 fully saturated rings. The fraction of sp³-hybridized carbons (Fsp3) is 0.348. The van der Waals surface area contributed by atoms with Gasteiger partial charge in [-0.25, -0.2) is 9.18 Å². The third-order valence-electron chi connectivity index (χ3n) is 5.93. The van der Waals surface area contributed by atoms with Gasteiger partial charge in [0, 0.05) is 6.54 Å². The monoisotopic (exact) mass is 409 g/mol. The van der Waals surface area contributed by atoms with Gasteiger partial charge >= 0.3 is 6.03 Å². The molecule has 1 atom stereocenters. The number of hydrogen-bond acceptors (Lipinski definition) is 3.